The van der Waals surface area contributed by atoms with Crippen LogP contribution >= 0.6 is 0 Å². The maximum Gasteiger partial charge on any atom is 0.339 e. The number of hydrogen-bond acceptors (Lipinski definition) is 21. The molecule has 3 aliphatic heterocycles. The molecule has 0 aliphatic carbocycles. The number of methoxy groups -OCH3 is 2. The molecule has 0 aromatic heterocycles. The van der Waals surface area contributed by atoms with Crippen molar-refractivity contribution >= 4 is 45.2 Å². The lowest BCUT2D eigenvalue weighted by molar-refractivity contribution is -0.317. The molecule has 87 heavy (non-hydrogen) atoms. The summed E-state index contributed by atoms with van der Waals surface area (Å²) in [7, 11) is 6.76. The van der Waals surface area contributed by atoms with Crippen molar-refractivity contribution in [2.75, 3.05) is 48.3 Å². The third-order valence-electron chi connectivity index (χ3n) is 17.7. The van der Waals surface area contributed by atoms with Gasteiger partial charge in [0.25, 0.3) is 0 Å². The number of cyclic esters (lactones) is 1. The smallest absolute Gasteiger partial charge is 0.339 e. The highest BCUT2D eigenvalue weighted by atomic mass is 16.7. The summed E-state index contributed by atoms with van der Waals surface area (Å²) in [6.07, 6.45) is -9.53. The van der Waals surface area contributed by atoms with Gasteiger partial charge in [0, 0.05) is 62.0 Å². The van der Waals surface area contributed by atoms with E-state index in [1.165, 1.54) is 26.2 Å². The van der Waals surface area contributed by atoms with Crippen LogP contribution in [0.4, 0.5) is 0 Å². The molecule has 0 bridgehead atoms. The summed E-state index contributed by atoms with van der Waals surface area (Å²) in [5, 5.41) is 106. The lowest BCUT2D eigenvalue weighted by Crippen LogP contribution is -2.61. The van der Waals surface area contributed by atoms with Gasteiger partial charge in [-0.15, -0.1) is 0 Å². The zero-order valence-corrected chi connectivity index (χ0v) is 52.4. The summed E-state index contributed by atoms with van der Waals surface area (Å²) >= 11 is 0. The molecule has 23 heteroatoms. The number of ether oxygens (including phenoxy) is 8. The summed E-state index contributed by atoms with van der Waals surface area (Å²) in [6.45, 7) is 17.3. The summed E-state index contributed by atoms with van der Waals surface area (Å²) in [4.78, 5) is 45.0. The van der Waals surface area contributed by atoms with E-state index in [0.29, 0.717) is 51.4 Å². The Kier molecular flexibility index (Phi) is 24.1. The Bertz CT molecular complexity index is 2910. The van der Waals surface area contributed by atoms with E-state index < -0.39 is 125 Å². The van der Waals surface area contributed by atoms with Gasteiger partial charge in [-0.05, 0) is 109 Å². The Labute approximate surface area is 508 Å². The molecular weight excluding hydrogens is 1130 g/mol. The van der Waals surface area contributed by atoms with Crippen LogP contribution in [0, 0.1) is 23.7 Å². The van der Waals surface area contributed by atoms with Crippen LogP contribution in [0.15, 0.2) is 65.8 Å². The van der Waals surface area contributed by atoms with Crippen LogP contribution in [-0.4, -0.2) is 207 Å². The number of phenols is 2. The van der Waals surface area contributed by atoms with E-state index in [1.807, 2.05) is 32.8 Å². The van der Waals surface area contributed by atoms with Gasteiger partial charge in [-0.3, -0.25) is 4.79 Å². The minimum Gasteiger partial charge on any atom is -0.507 e. The number of oxime groups is 1. The lowest BCUT2D eigenvalue weighted by atomic mass is 9.73. The Hall–Kier alpha value is -5.64. The Balaban J connectivity index is 0.000000344. The number of carbonyl (C=O) groups is 3. The van der Waals surface area contributed by atoms with E-state index in [-0.39, 0.29) is 62.4 Å². The molecule has 0 spiro atoms. The van der Waals surface area contributed by atoms with Crippen molar-refractivity contribution < 1.29 is 103 Å². The van der Waals surface area contributed by atoms with E-state index in [0.717, 1.165) is 0 Å². The van der Waals surface area contributed by atoms with Gasteiger partial charge in [-0.25, -0.2) is 9.59 Å². The average Bonchev–Trinajstić information content (AvgIpc) is 0.883. The summed E-state index contributed by atoms with van der Waals surface area (Å²) < 4.78 is 48.1. The number of aliphatic hydroxyl groups excluding tert-OH is 3. The van der Waals surface area contributed by atoms with Crippen LogP contribution in [0.3, 0.4) is 0 Å². The number of rotatable bonds is 17. The number of carboxylic acids is 2. The fourth-order valence-corrected chi connectivity index (χ4v) is 12.6. The van der Waals surface area contributed by atoms with E-state index in [9.17, 15) is 60.3 Å². The van der Waals surface area contributed by atoms with Gasteiger partial charge in [0.15, 0.2) is 12.6 Å². The maximum atomic E-state index is 14.3. The molecule has 0 saturated carbocycles. The number of aromatic carboxylic acids is 2. The number of hydrogen-bond donors (Lipinski definition) is 9. The maximum absolute atomic E-state index is 14.3. The lowest BCUT2D eigenvalue weighted by Gasteiger charge is -2.49. The molecule has 23 nitrogen and oxygen atoms in total. The first kappa shape index (κ1) is 70.4. The number of likely N-dealkylation sites (N-methyl/N-ethyl adjacent to an activating group) is 1. The molecule has 3 aliphatic rings. The molecule has 0 amide bonds. The topological polar surface area (TPSA) is 332 Å². The van der Waals surface area contributed by atoms with Crippen LogP contribution < -0.4 is 0 Å². The third-order valence-corrected chi connectivity index (χ3v) is 17.7. The van der Waals surface area contributed by atoms with E-state index in [4.69, 9.17) is 42.7 Å². The Morgan fingerprint density at radius 1 is 0.770 bits per heavy atom. The first-order valence-corrected chi connectivity index (χ1v) is 29.6. The second kappa shape index (κ2) is 29.8. The molecule has 4 aromatic carbocycles. The van der Waals surface area contributed by atoms with Gasteiger partial charge < -0.3 is 93.6 Å². The van der Waals surface area contributed by atoms with Crippen LogP contribution in [0.25, 0.3) is 21.5 Å². The van der Waals surface area contributed by atoms with Gasteiger partial charge in [-0.1, -0.05) is 81.4 Å². The van der Waals surface area contributed by atoms with Gasteiger partial charge >= 0.3 is 17.9 Å². The number of benzene rings is 4. The minimum absolute atomic E-state index is 0.0307. The minimum atomic E-state index is -1.97. The zero-order chi connectivity index (χ0) is 64.6. The van der Waals surface area contributed by atoms with Gasteiger partial charge in [0.2, 0.25) is 6.79 Å². The van der Waals surface area contributed by atoms with E-state index >= 15 is 0 Å². The van der Waals surface area contributed by atoms with Crippen LogP contribution in [-0.2, 0) is 53.9 Å². The average molecular weight is 1230 g/mol. The first-order valence-electron chi connectivity index (χ1n) is 29.6. The monoisotopic (exact) mass is 1220 g/mol. The van der Waals surface area contributed by atoms with E-state index in [2.05, 4.69) is 5.16 Å². The number of aromatic hydroxyl groups is 2. The quantitative estimate of drug-likeness (QED) is 0.0233. The van der Waals surface area contributed by atoms with Crippen molar-refractivity contribution in [1.82, 2.24) is 4.90 Å². The van der Waals surface area contributed by atoms with Gasteiger partial charge in [0.05, 0.1) is 66.6 Å². The standard InChI is InChI=1S/C41H76N2O15.C23H16O6/c1-15-29-41(10,49)34(45)24(4)31(42-53-21-52-17-16-50-13)22(2)19-39(8,48)36(58-38-32(44)28(43(11)12)18-23(3)54-38)25(5)33(26(6)37(47)56-29)57-30-20-40(9,51-14)35(46)27(7)55-30;24-20-16(14-7-3-1-5-12(14)9-18(20)22(26)27)11-17-15-8-4-2-6-13(15)10-19(21(17)25)23(28)29/h22-30,32-36,38,44-46,48-49H,15-21H2,1-14H3;1-10,24-25H,11H2,(H,26,27)(H,28,29)/b42-31+;/t22-,23-,24+,25+,26-,27+,28+,29-,30+,32-,33+,34-,35+,36-,38+,39-,40-,41-;/m1./s1. The van der Waals surface area contributed by atoms with Crippen LogP contribution in [0.2, 0.25) is 0 Å². The summed E-state index contributed by atoms with van der Waals surface area (Å²) in [5.41, 5.74) is -4.38. The molecule has 3 saturated heterocycles. The molecule has 4 aromatic rings. The molecule has 0 radical (unpaired) electrons. The molecule has 18 atom stereocenters. The number of aliphatic hydroxyl groups is 5. The van der Waals surface area contributed by atoms with E-state index in [1.54, 1.807) is 104 Å². The molecule has 3 fully saturated rings. The number of fused-ring (bicyclic) bond motifs is 2. The fourth-order valence-electron chi connectivity index (χ4n) is 12.6. The summed E-state index contributed by atoms with van der Waals surface area (Å²) in [6, 6.07) is 16.4. The second-order valence-electron chi connectivity index (χ2n) is 24.5. The summed E-state index contributed by atoms with van der Waals surface area (Å²) in [5.74, 6) is -7.50. The molecule has 0 unspecified atom stereocenters. The SMILES string of the molecule is CC[C@H]1OC(=O)[C@H](C)[C@@H](O[C@H]2C[C@@](C)(OC)[C@@H](O)[C@H](C)O2)[C@H](C)[C@@H](O[C@@H]2O[C@H](C)C[C@H](N(C)C)[C@H]2O)[C@](C)(O)C[C@@H](C)/C(=N\OCOCCOC)[C@H](C)[C@@H](O)[C@]1(C)O.O=C(O)c1cc2ccccc2c(Cc2c(O)c(C(=O)O)cc3ccccc23)c1O. The molecule has 3 heterocycles. The van der Waals surface area contributed by atoms with Gasteiger partial charge in [0.1, 0.15) is 46.5 Å². The van der Waals surface area contributed by atoms with Crippen LogP contribution in [0.5, 0.6) is 11.5 Å². The van der Waals surface area contributed by atoms with Crippen molar-refractivity contribution in [1.29, 1.82) is 0 Å². The van der Waals surface area contributed by atoms with Crippen molar-refractivity contribution in [3.63, 3.8) is 0 Å². The van der Waals surface area contributed by atoms with Crippen molar-refractivity contribution in [3.05, 3.63) is 82.9 Å². The zero-order valence-electron chi connectivity index (χ0n) is 52.4. The third kappa shape index (κ3) is 16.0. The van der Waals surface area contributed by atoms with Crippen molar-refractivity contribution in [2.45, 2.75) is 186 Å². The highest BCUT2D eigenvalue weighted by molar-refractivity contribution is 6.02. The highest BCUT2D eigenvalue weighted by Crippen LogP contribution is 2.43. The Morgan fingerprint density at radius 2 is 1.33 bits per heavy atom. The normalized spacial score (nSPS) is 34.2. The van der Waals surface area contributed by atoms with Crippen molar-refractivity contribution in [3.8, 4) is 11.5 Å². The van der Waals surface area contributed by atoms with Gasteiger partial charge in [-0.2, -0.15) is 0 Å². The molecular formula is C64H92N2O21. The predicted octanol–water partition coefficient (Wildman–Crippen LogP) is 6.60. The molecule has 9 N–H and O–H groups in total. The number of esters is 1. The fraction of sp³-hybridized carbons (Fsp3) is 0.625. The largest absolute Gasteiger partial charge is 0.507 e. The molecule has 7 rings (SSSR count). The second-order valence-corrected chi connectivity index (χ2v) is 24.5. The van der Waals surface area contributed by atoms with Crippen LogP contribution in [0.1, 0.15) is 127 Å². The predicted molar refractivity (Wildman–Crippen MR) is 320 cm³/mol. The van der Waals surface area contributed by atoms with Crippen molar-refractivity contribution in [2.24, 2.45) is 28.8 Å². The Morgan fingerprint density at radius 3 is 1.85 bits per heavy atom. The number of carboxylic acid groups (broad SMARTS) is 2. The number of nitrogens with zero attached hydrogens (tertiary/aromatic N) is 2. The first-order chi connectivity index (χ1) is 40.8. The molecule has 484 valence electrons. The number of carbonyl (C=O) groups excluding carboxylic acids is 1. The highest BCUT2D eigenvalue weighted by Gasteiger charge is 2.53.